The first-order chi connectivity index (χ1) is 12.0. The topological polar surface area (TPSA) is 85.3 Å². The van der Waals surface area contributed by atoms with Gasteiger partial charge >= 0.3 is 0 Å². The van der Waals surface area contributed by atoms with Crippen LogP contribution in [0.2, 0.25) is 10.0 Å². The van der Waals surface area contributed by atoms with Crippen molar-refractivity contribution in [2.75, 3.05) is 5.32 Å². The molecule has 0 fully saturated rings. The summed E-state index contributed by atoms with van der Waals surface area (Å²) in [4.78, 5) is 23.8. The number of carbonyl (C=O) groups excluding carboxylic acids is 2. The average Bonchev–Trinajstić information content (AvgIpc) is 3.07. The fourth-order valence-corrected chi connectivity index (χ4v) is 2.66. The van der Waals surface area contributed by atoms with E-state index >= 15 is 0 Å². The Morgan fingerprint density at radius 1 is 1.00 bits per heavy atom. The van der Waals surface area contributed by atoms with Crippen LogP contribution in [-0.2, 0) is 0 Å². The van der Waals surface area contributed by atoms with Crippen LogP contribution in [0.5, 0.6) is 0 Å². The Bertz CT molecular complexity index is 966. The number of primary amides is 1. The number of hydrogen-bond acceptors (Lipinski definition) is 3. The van der Waals surface area contributed by atoms with Crippen LogP contribution in [0.4, 0.5) is 5.69 Å². The number of anilines is 1. The molecule has 2 amide bonds. The van der Waals surface area contributed by atoms with E-state index in [1.54, 1.807) is 42.5 Å². The number of rotatable bonds is 4. The molecule has 0 saturated heterocycles. The summed E-state index contributed by atoms with van der Waals surface area (Å²) >= 11 is 12.1. The smallest absolute Gasteiger partial charge is 0.291 e. The van der Waals surface area contributed by atoms with Gasteiger partial charge in [0.15, 0.2) is 5.76 Å². The summed E-state index contributed by atoms with van der Waals surface area (Å²) in [5, 5.41) is 3.55. The highest BCUT2D eigenvalue weighted by atomic mass is 35.5. The number of halogens is 2. The minimum atomic E-state index is -0.637. The third-order valence-corrected chi connectivity index (χ3v) is 4.03. The van der Waals surface area contributed by atoms with Crippen LogP contribution in [-0.4, -0.2) is 11.8 Å². The van der Waals surface area contributed by atoms with Gasteiger partial charge in [0.25, 0.3) is 11.8 Å². The van der Waals surface area contributed by atoms with E-state index in [-0.39, 0.29) is 11.3 Å². The highest BCUT2D eigenvalue weighted by Gasteiger charge is 2.16. The molecule has 25 heavy (non-hydrogen) atoms. The van der Waals surface area contributed by atoms with Crippen molar-refractivity contribution in [3.05, 3.63) is 76.0 Å². The van der Waals surface area contributed by atoms with Gasteiger partial charge in [0, 0.05) is 10.6 Å². The van der Waals surface area contributed by atoms with Crippen LogP contribution in [0.15, 0.2) is 59.0 Å². The maximum absolute atomic E-state index is 12.4. The van der Waals surface area contributed by atoms with E-state index in [1.807, 2.05) is 0 Å². The minimum absolute atomic E-state index is 0.0605. The molecule has 3 rings (SSSR count). The average molecular weight is 375 g/mol. The maximum Gasteiger partial charge on any atom is 0.291 e. The third kappa shape index (κ3) is 3.68. The fraction of sp³-hybridized carbons (Fsp3) is 0. The summed E-state index contributed by atoms with van der Waals surface area (Å²) in [7, 11) is 0. The van der Waals surface area contributed by atoms with Crippen molar-refractivity contribution in [3.8, 4) is 11.3 Å². The molecule has 0 spiro atoms. The van der Waals surface area contributed by atoms with Crippen LogP contribution in [0, 0.1) is 0 Å². The number of carbonyl (C=O) groups is 2. The van der Waals surface area contributed by atoms with E-state index < -0.39 is 11.8 Å². The molecule has 1 heterocycles. The molecular formula is C18H12Cl2N2O3. The molecule has 0 saturated carbocycles. The molecule has 7 heteroatoms. The number of amides is 2. The van der Waals surface area contributed by atoms with Crippen LogP contribution >= 0.6 is 23.2 Å². The van der Waals surface area contributed by atoms with Gasteiger partial charge in [-0.1, -0.05) is 35.3 Å². The SMILES string of the molecule is NC(=O)c1ccccc1NC(=O)c1ccc(-c2cc(Cl)ccc2Cl)o1. The summed E-state index contributed by atoms with van der Waals surface area (Å²) < 4.78 is 5.57. The number of nitrogens with one attached hydrogen (secondary N) is 1. The van der Waals surface area contributed by atoms with Crippen molar-refractivity contribution in [1.82, 2.24) is 0 Å². The zero-order chi connectivity index (χ0) is 18.0. The van der Waals surface area contributed by atoms with Crippen LogP contribution < -0.4 is 11.1 Å². The van der Waals surface area contributed by atoms with Gasteiger partial charge in [-0.3, -0.25) is 9.59 Å². The lowest BCUT2D eigenvalue weighted by molar-refractivity contribution is 0.0997. The quantitative estimate of drug-likeness (QED) is 0.699. The molecule has 0 unspecified atom stereocenters. The standard InChI is InChI=1S/C18H12Cl2N2O3/c19-10-5-6-13(20)12(9-10)15-7-8-16(25-15)18(24)22-14-4-2-1-3-11(14)17(21)23/h1-9H,(H2,21,23)(H,22,24). The number of para-hydroxylation sites is 1. The molecule has 2 aromatic carbocycles. The zero-order valence-electron chi connectivity index (χ0n) is 12.8. The summed E-state index contributed by atoms with van der Waals surface area (Å²) in [5.74, 6) is -0.689. The van der Waals surface area contributed by atoms with Gasteiger partial charge in [-0.2, -0.15) is 0 Å². The Labute approximate surface area is 153 Å². The highest BCUT2D eigenvalue weighted by molar-refractivity contribution is 6.35. The Kier molecular flexibility index (Phi) is 4.79. The Morgan fingerprint density at radius 3 is 2.52 bits per heavy atom. The first kappa shape index (κ1) is 17.1. The van der Waals surface area contributed by atoms with Gasteiger partial charge in [-0.25, -0.2) is 0 Å². The molecule has 0 radical (unpaired) electrons. The van der Waals surface area contributed by atoms with Crippen molar-refractivity contribution in [2.24, 2.45) is 5.73 Å². The van der Waals surface area contributed by atoms with Crippen molar-refractivity contribution < 1.29 is 14.0 Å². The molecule has 1 aromatic heterocycles. The third-order valence-electron chi connectivity index (χ3n) is 3.46. The lowest BCUT2D eigenvalue weighted by Crippen LogP contribution is -2.17. The molecule has 0 bridgehead atoms. The van der Waals surface area contributed by atoms with Gasteiger partial charge in [0.2, 0.25) is 0 Å². The largest absolute Gasteiger partial charge is 0.451 e. The molecule has 0 atom stereocenters. The van der Waals surface area contributed by atoms with Crippen LogP contribution in [0.25, 0.3) is 11.3 Å². The molecule has 0 aliphatic rings. The summed E-state index contributed by atoms with van der Waals surface area (Å²) in [6, 6.07) is 14.5. The van der Waals surface area contributed by atoms with E-state index in [4.69, 9.17) is 33.4 Å². The summed E-state index contributed by atoms with van der Waals surface area (Å²) in [6.07, 6.45) is 0. The Hall–Kier alpha value is -2.76. The van der Waals surface area contributed by atoms with Gasteiger partial charge in [-0.15, -0.1) is 0 Å². The van der Waals surface area contributed by atoms with E-state index in [0.29, 0.717) is 27.1 Å². The Balaban J connectivity index is 1.87. The Morgan fingerprint density at radius 2 is 1.76 bits per heavy atom. The van der Waals surface area contributed by atoms with Gasteiger partial charge in [-0.05, 0) is 42.5 Å². The van der Waals surface area contributed by atoms with Crippen molar-refractivity contribution in [1.29, 1.82) is 0 Å². The molecule has 0 aliphatic carbocycles. The molecule has 126 valence electrons. The summed E-state index contributed by atoms with van der Waals surface area (Å²) in [5.41, 5.74) is 6.39. The van der Waals surface area contributed by atoms with E-state index in [2.05, 4.69) is 5.32 Å². The molecule has 0 aliphatic heterocycles. The van der Waals surface area contributed by atoms with Crippen molar-refractivity contribution in [2.45, 2.75) is 0 Å². The van der Waals surface area contributed by atoms with Gasteiger partial charge < -0.3 is 15.5 Å². The maximum atomic E-state index is 12.4. The second-order valence-electron chi connectivity index (χ2n) is 5.15. The lowest BCUT2D eigenvalue weighted by Gasteiger charge is -2.07. The highest BCUT2D eigenvalue weighted by Crippen LogP contribution is 2.32. The first-order valence-corrected chi connectivity index (χ1v) is 7.97. The predicted molar refractivity (Wildman–Crippen MR) is 97.1 cm³/mol. The second-order valence-corrected chi connectivity index (χ2v) is 6.00. The van der Waals surface area contributed by atoms with E-state index in [9.17, 15) is 9.59 Å². The van der Waals surface area contributed by atoms with Crippen LogP contribution in [0.1, 0.15) is 20.9 Å². The molecular weight excluding hydrogens is 363 g/mol. The van der Waals surface area contributed by atoms with Crippen molar-refractivity contribution in [3.63, 3.8) is 0 Å². The summed E-state index contributed by atoms with van der Waals surface area (Å²) in [6.45, 7) is 0. The second kappa shape index (κ2) is 7.01. The van der Waals surface area contributed by atoms with E-state index in [1.165, 1.54) is 12.1 Å². The molecule has 5 nitrogen and oxygen atoms in total. The number of nitrogens with two attached hydrogens (primary N) is 1. The zero-order valence-corrected chi connectivity index (χ0v) is 14.3. The van der Waals surface area contributed by atoms with Gasteiger partial charge in [0.05, 0.1) is 16.3 Å². The predicted octanol–water partition coefficient (Wildman–Crippen LogP) is 4.60. The van der Waals surface area contributed by atoms with E-state index in [0.717, 1.165) is 0 Å². The van der Waals surface area contributed by atoms with Crippen LogP contribution in [0.3, 0.4) is 0 Å². The van der Waals surface area contributed by atoms with Gasteiger partial charge in [0.1, 0.15) is 5.76 Å². The first-order valence-electron chi connectivity index (χ1n) is 7.21. The lowest BCUT2D eigenvalue weighted by atomic mass is 10.1. The minimum Gasteiger partial charge on any atom is -0.451 e. The number of hydrogen-bond donors (Lipinski definition) is 2. The molecule has 3 N–H and O–H groups in total. The number of benzene rings is 2. The number of furan rings is 1. The normalized spacial score (nSPS) is 10.5. The monoisotopic (exact) mass is 374 g/mol. The van der Waals surface area contributed by atoms with Crippen molar-refractivity contribution >= 4 is 40.7 Å². The molecule has 3 aromatic rings. The fourth-order valence-electron chi connectivity index (χ4n) is 2.28.